The molecule has 2 aliphatic heterocycles. The molecule has 2 aliphatic rings. The number of piperidine rings is 2. The molecule has 0 aliphatic carbocycles. The van der Waals surface area contributed by atoms with Crippen LogP contribution in [0.2, 0.25) is 0 Å². The van der Waals surface area contributed by atoms with Crippen LogP contribution in [0.1, 0.15) is 25.0 Å². The molecule has 156 valence electrons. The molecule has 4 heterocycles. The molecule has 8 nitrogen and oxygen atoms in total. The summed E-state index contributed by atoms with van der Waals surface area (Å²) in [5.74, 6) is 0.873. The van der Waals surface area contributed by atoms with Crippen LogP contribution in [0.25, 0.3) is 11.0 Å². The van der Waals surface area contributed by atoms with Crippen molar-refractivity contribution in [2.24, 2.45) is 5.41 Å². The minimum Gasteiger partial charge on any atom is -0.391 e. The van der Waals surface area contributed by atoms with Gasteiger partial charge in [0.1, 0.15) is 11.5 Å². The lowest BCUT2D eigenvalue weighted by molar-refractivity contribution is -0.133. The van der Waals surface area contributed by atoms with E-state index in [2.05, 4.69) is 20.0 Å². The van der Waals surface area contributed by atoms with Crippen LogP contribution in [0.4, 0.5) is 5.82 Å². The van der Waals surface area contributed by atoms with Crippen molar-refractivity contribution in [2.75, 3.05) is 31.1 Å². The number of aromatic nitrogens is 3. The van der Waals surface area contributed by atoms with Gasteiger partial charge in [0.15, 0.2) is 5.58 Å². The minimum absolute atomic E-state index is 0.00739. The van der Waals surface area contributed by atoms with Crippen molar-refractivity contribution in [3.8, 4) is 0 Å². The maximum absolute atomic E-state index is 12.9. The molecule has 8 heteroatoms. The summed E-state index contributed by atoms with van der Waals surface area (Å²) in [5.41, 5.74) is 1.39. The van der Waals surface area contributed by atoms with Gasteiger partial charge in [-0.15, -0.1) is 0 Å². The molecule has 0 saturated carbocycles. The molecule has 2 saturated heterocycles. The summed E-state index contributed by atoms with van der Waals surface area (Å²) in [4.78, 5) is 25.5. The van der Waals surface area contributed by atoms with Gasteiger partial charge < -0.3 is 19.4 Å². The summed E-state index contributed by atoms with van der Waals surface area (Å²) in [7, 11) is 0. The molecule has 1 atom stereocenters. The zero-order valence-corrected chi connectivity index (χ0v) is 16.8. The van der Waals surface area contributed by atoms with Crippen molar-refractivity contribution >= 4 is 22.7 Å². The largest absolute Gasteiger partial charge is 0.391 e. The van der Waals surface area contributed by atoms with Crippen LogP contribution in [-0.2, 0) is 11.2 Å². The molecule has 1 unspecified atom stereocenters. The summed E-state index contributed by atoms with van der Waals surface area (Å²) in [5, 5.41) is 15.5. The number of aliphatic hydroxyl groups is 1. The summed E-state index contributed by atoms with van der Waals surface area (Å²) in [6, 6.07) is 7.61. The maximum Gasteiger partial charge on any atom is 0.228 e. The summed E-state index contributed by atoms with van der Waals surface area (Å²) in [6.45, 7) is 2.78. The number of fused-ring (bicyclic) bond motifs is 1. The normalized spacial score (nSPS) is 21.3. The van der Waals surface area contributed by atoms with E-state index in [0.29, 0.717) is 30.9 Å². The molecule has 1 amide bonds. The number of aliphatic hydroxyl groups excluding tert-OH is 1. The number of hydrogen-bond acceptors (Lipinski definition) is 7. The molecule has 5 rings (SSSR count). The van der Waals surface area contributed by atoms with Crippen LogP contribution < -0.4 is 4.90 Å². The number of β-amino-alcohol motifs (C(OH)–C–C–N with tert-alkyl or cyclic N) is 1. The van der Waals surface area contributed by atoms with Gasteiger partial charge in [-0.3, -0.25) is 9.78 Å². The third-order valence-electron chi connectivity index (χ3n) is 6.45. The summed E-state index contributed by atoms with van der Waals surface area (Å²) >= 11 is 0. The van der Waals surface area contributed by atoms with E-state index >= 15 is 0 Å². The fraction of sp³-hybridized carbons (Fsp3) is 0.455. The van der Waals surface area contributed by atoms with E-state index in [1.54, 1.807) is 18.6 Å². The zero-order valence-electron chi connectivity index (χ0n) is 16.8. The minimum atomic E-state index is -0.399. The van der Waals surface area contributed by atoms with Crippen LogP contribution >= 0.6 is 0 Å². The third-order valence-corrected chi connectivity index (χ3v) is 6.45. The molecule has 30 heavy (non-hydrogen) atoms. The van der Waals surface area contributed by atoms with E-state index in [0.717, 1.165) is 37.0 Å². The summed E-state index contributed by atoms with van der Waals surface area (Å²) in [6.07, 6.45) is 7.42. The number of carbonyl (C=O) groups is 1. The third kappa shape index (κ3) is 3.63. The fourth-order valence-corrected chi connectivity index (χ4v) is 4.90. The number of likely N-dealkylation sites (tertiary alicyclic amines) is 1. The van der Waals surface area contributed by atoms with Crippen molar-refractivity contribution in [2.45, 2.75) is 31.8 Å². The van der Waals surface area contributed by atoms with Gasteiger partial charge in [-0.1, -0.05) is 17.3 Å². The van der Waals surface area contributed by atoms with Crippen LogP contribution in [0.15, 0.2) is 47.4 Å². The van der Waals surface area contributed by atoms with Crippen LogP contribution in [0.3, 0.4) is 0 Å². The highest BCUT2D eigenvalue weighted by Gasteiger charge is 2.42. The van der Waals surface area contributed by atoms with Gasteiger partial charge in [0.2, 0.25) is 5.91 Å². The SMILES string of the molecule is O=C(Cc1noc2ccccc12)N1CCC2(CC1)CC(O)CN(c1cnccn1)C2. The van der Waals surface area contributed by atoms with Crippen LogP contribution in [0.5, 0.6) is 0 Å². The number of anilines is 1. The number of amides is 1. The Morgan fingerprint density at radius 2 is 2.07 bits per heavy atom. The first-order valence-electron chi connectivity index (χ1n) is 10.4. The maximum atomic E-state index is 12.9. The monoisotopic (exact) mass is 407 g/mol. The van der Waals surface area contributed by atoms with E-state index in [9.17, 15) is 9.90 Å². The van der Waals surface area contributed by atoms with Gasteiger partial charge in [-0.25, -0.2) is 4.98 Å². The van der Waals surface area contributed by atoms with E-state index < -0.39 is 6.10 Å². The van der Waals surface area contributed by atoms with Gasteiger partial charge in [0.05, 0.1) is 18.7 Å². The Hall–Kier alpha value is -3.00. The van der Waals surface area contributed by atoms with Crippen LogP contribution in [0, 0.1) is 5.41 Å². The second-order valence-corrected chi connectivity index (χ2v) is 8.49. The Balaban J connectivity index is 1.24. The molecule has 2 fully saturated rings. The van der Waals surface area contributed by atoms with Gasteiger partial charge in [-0.05, 0) is 36.8 Å². The highest BCUT2D eigenvalue weighted by atomic mass is 16.5. The van der Waals surface area contributed by atoms with Crippen molar-refractivity contribution in [3.63, 3.8) is 0 Å². The molecule has 1 aromatic carbocycles. The van der Waals surface area contributed by atoms with E-state index in [1.165, 1.54) is 0 Å². The number of nitrogens with zero attached hydrogens (tertiary/aromatic N) is 5. The topological polar surface area (TPSA) is 95.6 Å². The predicted octanol–water partition coefficient (Wildman–Crippen LogP) is 2.04. The average molecular weight is 407 g/mol. The van der Waals surface area contributed by atoms with Gasteiger partial charge in [-0.2, -0.15) is 0 Å². The second-order valence-electron chi connectivity index (χ2n) is 8.49. The first-order chi connectivity index (χ1) is 14.6. The second kappa shape index (κ2) is 7.68. The highest BCUT2D eigenvalue weighted by molar-refractivity contribution is 5.86. The molecule has 0 radical (unpaired) electrons. The number of hydrogen-bond donors (Lipinski definition) is 1. The Bertz CT molecular complexity index is 1030. The van der Waals surface area contributed by atoms with E-state index in [-0.39, 0.29) is 17.7 Å². The lowest BCUT2D eigenvalue weighted by atomic mass is 9.71. The first-order valence-corrected chi connectivity index (χ1v) is 10.4. The number of carbonyl (C=O) groups excluding carboxylic acids is 1. The molecule has 2 aromatic heterocycles. The van der Waals surface area contributed by atoms with Crippen LogP contribution in [-0.4, -0.2) is 63.3 Å². The Morgan fingerprint density at radius 1 is 1.23 bits per heavy atom. The fourth-order valence-electron chi connectivity index (χ4n) is 4.90. The molecule has 1 N–H and O–H groups in total. The standard InChI is InChI=1S/C22H25N5O3/c28-16-12-22(15-27(14-16)20-13-23-7-8-24-20)5-9-26(10-6-22)21(29)11-18-17-3-1-2-4-19(17)30-25-18/h1-4,7-8,13,16,28H,5-6,9-12,14-15H2. The highest BCUT2D eigenvalue weighted by Crippen LogP contribution is 2.41. The zero-order chi connectivity index (χ0) is 20.6. The lowest BCUT2D eigenvalue weighted by Crippen LogP contribution is -2.55. The van der Waals surface area contributed by atoms with E-state index in [1.807, 2.05) is 29.2 Å². The molecule has 1 spiro atoms. The van der Waals surface area contributed by atoms with E-state index in [4.69, 9.17) is 4.52 Å². The number of rotatable bonds is 3. The van der Waals surface area contributed by atoms with Gasteiger partial charge in [0.25, 0.3) is 0 Å². The Morgan fingerprint density at radius 3 is 2.87 bits per heavy atom. The first kappa shape index (κ1) is 19.0. The van der Waals surface area contributed by atoms with Crippen molar-refractivity contribution in [1.82, 2.24) is 20.0 Å². The van der Waals surface area contributed by atoms with Gasteiger partial charge in [0, 0.05) is 44.0 Å². The predicted molar refractivity (Wildman–Crippen MR) is 111 cm³/mol. The Kier molecular flexibility index (Phi) is 4.86. The molecule has 3 aromatic rings. The molecular weight excluding hydrogens is 382 g/mol. The quantitative estimate of drug-likeness (QED) is 0.710. The number of benzene rings is 1. The average Bonchev–Trinajstić information content (AvgIpc) is 3.17. The Labute approximate surface area is 174 Å². The van der Waals surface area contributed by atoms with Gasteiger partial charge >= 0.3 is 0 Å². The number of para-hydroxylation sites is 1. The smallest absolute Gasteiger partial charge is 0.228 e. The van der Waals surface area contributed by atoms with Crippen molar-refractivity contribution < 1.29 is 14.4 Å². The van der Waals surface area contributed by atoms with Crippen molar-refractivity contribution in [3.05, 3.63) is 48.5 Å². The van der Waals surface area contributed by atoms with Crippen molar-refractivity contribution in [1.29, 1.82) is 0 Å². The summed E-state index contributed by atoms with van der Waals surface area (Å²) < 4.78 is 5.33. The molecular formula is C22H25N5O3. The molecule has 0 bridgehead atoms. The lowest BCUT2D eigenvalue weighted by Gasteiger charge is -2.49.